The van der Waals surface area contributed by atoms with E-state index in [0.717, 1.165) is 0 Å². The number of hydrogen-bond acceptors (Lipinski definition) is 3. The maximum Gasteiger partial charge on any atom is 0.0697 e. The number of rotatable bonds is 0. The molecule has 1 heterocycles. The van der Waals surface area contributed by atoms with Gasteiger partial charge in [-0.1, -0.05) is 53.7 Å². The van der Waals surface area contributed by atoms with Crippen molar-refractivity contribution in [3.05, 3.63) is 24.3 Å². The minimum Gasteiger partial charge on any atom is -0.310 e. The third-order valence-electron chi connectivity index (χ3n) is 1.25. The van der Waals surface area contributed by atoms with Gasteiger partial charge in [-0.15, -0.1) is 0 Å². The van der Waals surface area contributed by atoms with Crippen LogP contribution in [0.15, 0.2) is 24.3 Å². The molecule has 1 aromatic carbocycles. The maximum absolute atomic E-state index is 3.11. The Labute approximate surface area is 102 Å². The highest BCUT2D eigenvalue weighted by molar-refractivity contribution is 8.02. The predicted octanol–water partition coefficient (Wildman–Crippen LogP) is 5.66. The number of para-hydroxylation sites is 2. The van der Waals surface area contributed by atoms with Gasteiger partial charge in [0.2, 0.25) is 0 Å². The van der Waals surface area contributed by atoms with E-state index in [1.54, 1.807) is 0 Å². The van der Waals surface area contributed by atoms with Gasteiger partial charge in [-0.05, 0) is 12.1 Å². The average molecular weight is 232 g/mol. The minimum absolute atomic E-state index is 0. The Morgan fingerprint density at radius 3 is 1.47 bits per heavy atom. The van der Waals surface area contributed by atoms with Gasteiger partial charge < -0.3 is 9.44 Å². The van der Waals surface area contributed by atoms with E-state index >= 15 is 0 Å². The molecule has 0 bridgehead atoms. The Balaban J connectivity index is -0.0000000942. The first-order valence-electron chi connectivity index (χ1n) is 5.74. The molecule has 1 aliphatic rings. The Morgan fingerprint density at radius 2 is 1.13 bits per heavy atom. The maximum atomic E-state index is 3.11. The van der Waals surface area contributed by atoms with Crippen molar-refractivity contribution >= 4 is 23.5 Å². The lowest BCUT2D eigenvalue weighted by atomic mass is 10.3. The Morgan fingerprint density at radius 1 is 0.800 bits per heavy atom. The highest BCUT2D eigenvalue weighted by Gasteiger charge is 2.05. The summed E-state index contributed by atoms with van der Waals surface area (Å²) in [6, 6.07) is 8.11. The fourth-order valence-electron chi connectivity index (χ4n) is 0.797. The van der Waals surface area contributed by atoms with Crippen molar-refractivity contribution in [1.29, 1.82) is 0 Å². The summed E-state index contributed by atoms with van der Waals surface area (Å²) in [5, 5.41) is 0. The molecule has 0 aromatic heterocycles. The molecular weight excluding hydrogens is 204 g/mol. The molecule has 0 fully saturated rings. The number of fused-ring (bicyclic) bond motifs is 1. The smallest absolute Gasteiger partial charge is 0.0697 e. The van der Waals surface area contributed by atoms with Crippen molar-refractivity contribution in [2.75, 3.05) is 9.44 Å². The summed E-state index contributed by atoms with van der Waals surface area (Å²) >= 11 is 1.50. The number of nitrogens with one attached hydrogen (secondary N) is 2. The fraction of sp³-hybridized carbons (Fsp3) is 0.500. The summed E-state index contributed by atoms with van der Waals surface area (Å²) in [5.74, 6) is 0. The predicted molar refractivity (Wildman–Crippen MR) is 79.6 cm³/mol. The third-order valence-corrected chi connectivity index (χ3v) is 1.89. The van der Waals surface area contributed by atoms with Crippen LogP contribution in [0.25, 0.3) is 0 Å². The zero-order chi connectivity index (χ0) is 12.1. The summed E-state index contributed by atoms with van der Waals surface area (Å²) in [7, 11) is 0. The lowest BCUT2D eigenvalue weighted by molar-refractivity contribution is 1.50. The minimum atomic E-state index is 0. The number of anilines is 2. The molecule has 2 N–H and O–H groups in total. The molecule has 92 valence electrons. The third kappa shape index (κ3) is 6.28. The SMILES string of the molecule is CC.CC.CC.[HH].[HH].c1ccc2c(c1)NSN2. The molecule has 2 nitrogen and oxygen atoms in total. The molecule has 15 heavy (non-hydrogen) atoms. The fourth-order valence-corrected chi connectivity index (χ4v) is 1.42. The molecule has 1 aromatic rings. The largest absolute Gasteiger partial charge is 0.310 e. The lowest BCUT2D eigenvalue weighted by Gasteiger charge is -1.91. The van der Waals surface area contributed by atoms with Crippen LogP contribution in [-0.2, 0) is 0 Å². The van der Waals surface area contributed by atoms with Crippen molar-refractivity contribution in [3.63, 3.8) is 0 Å². The molecule has 0 saturated carbocycles. The van der Waals surface area contributed by atoms with E-state index in [-0.39, 0.29) is 2.85 Å². The second-order valence-electron chi connectivity index (χ2n) is 1.85. The molecule has 0 atom stereocenters. The normalized spacial score (nSPS) is 9.47. The highest BCUT2D eigenvalue weighted by atomic mass is 32.2. The summed E-state index contributed by atoms with van der Waals surface area (Å²) < 4.78 is 6.21. The molecule has 3 heteroatoms. The molecule has 1 aliphatic heterocycles. The molecule has 0 aliphatic carbocycles. The van der Waals surface area contributed by atoms with Crippen molar-refractivity contribution in [3.8, 4) is 0 Å². The quantitative estimate of drug-likeness (QED) is 0.564. The van der Waals surface area contributed by atoms with E-state index in [4.69, 9.17) is 0 Å². The van der Waals surface area contributed by atoms with Crippen molar-refractivity contribution < 1.29 is 2.85 Å². The lowest BCUT2D eigenvalue weighted by Crippen LogP contribution is -1.74. The summed E-state index contributed by atoms with van der Waals surface area (Å²) in [6.45, 7) is 12.0. The highest BCUT2D eigenvalue weighted by Crippen LogP contribution is 2.31. The van der Waals surface area contributed by atoms with Crippen LogP contribution in [0, 0.1) is 0 Å². The molecule has 0 saturated heterocycles. The van der Waals surface area contributed by atoms with Gasteiger partial charge in [-0.3, -0.25) is 0 Å². The van der Waals surface area contributed by atoms with E-state index in [9.17, 15) is 0 Å². The van der Waals surface area contributed by atoms with Crippen LogP contribution < -0.4 is 9.44 Å². The Bertz CT molecular complexity index is 213. The molecule has 0 radical (unpaired) electrons. The number of hydrogen-bond donors (Lipinski definition) is 2. The Hall–Kier alpha value is -0.830. The van der Waals surface area contributed by atoms with Gasteiger partial charge in [0, 0.05) is 2.85 Å². The number of benzene rings is 1. The van der Waals surface area contributed by atoms with E-state index in [0.29, 0.717) is 0 Å². The van der Waals surface area contributed by atoms with Crippen molar-refractivity contribution in [2.45, 2.75) is 41.5 Å². The van der Waals surface area contributed by atoms with Gasteiger partial charge in [0.1, 0.15) is 0 Å². The molecule has 0 amide bonds. The summed E-state index contributed by atoms with van der Waals surface area (Å²) in [6.07, 6.45) is 0. The van der Waals surface area contributed by atoms with Crippen LogP contribution in [0.5, 0.6) is 0 Å². The molecule has 2 rings (SSSR count). The van der Waals surface area contributed by atoms with Gasteiger partial charge >= 0.3 is 0 Å². The summed E-state index contributed by atoms with van der Waals surface area (Å²) in [5.41, 5.74) is 2.34. The van der Waals surface area contributed by atoms with Crippen LogP contribution in [0.1, 0.15) is 44.4 Å². The zero-order valence-corrected chi connectivity index (χ0v) is 11.5. The van der Waals surface area contributed by atoms with Gasteiger partial charge in [-0.25, -0.2) is 0 Å². The monoisotopic (exact) mass is 232 g/mol. The topological polar surface area (TPSA) is 24.1 Å². The first-order valence-corrected chi connectivity index (χ1v) is 6.55. The van der Waals surface area contributed by atoms with Crippen LogP contribution in [0.3, 0.4) is 0 Å². The van der Waals surface area contributed by atoms with Gasteiger partial charge in [0.05, 0.1) is 23.5 Å². The van der Waals surface area contributed by atoms with E-state index in [1.165, 1.54) is 23.5 Å². The van der Waals surface area contributed by atoms with E-state index < -0.39 is 0 Å². The first-order chi connectivity index (χ1) is 7.47. The van der Waals surface area contributed by atoms with Crippen LogP contribution >= 0.6 is 12.1 Å². The van der Waals surface area contributed by atoms with Gasteiger partial charge in [0.25, 0.3) is 0 Å². The summed E-state index contributed by atoms with van der Waals surface area (Å²) in [4.78, 5) is 0. The van der Waals surface area contributed by atoms with Crippen LogP contribution in [0.4, 0.5) is 11.4 Å². The van der Waals surface area contributed by atoms with E-state index in [2.05, 4.69) is 9.44 Å². The van der Waals surface area contributed by atoms with E-state index in [1.807, 2.05) is 65.8 Å². The Kier molecular flexibility index (Phi) is 14.6. The van der Waals surface area contributed by atoms with Crippen LogP contribution in [-0.4, -0.2) is 0 Å². The zero-order valence-electron chi connectivity index (χ0n) is 10.7. The van der Waals surface area contributed by atoms with Gasteiger partial charge in [-0.2, -0.15) is 0 Å². The second-order valence-corrected chi connectivity index (χ2v) is 2.46. The van der Waals surface area contributed by atoms with Crippen LogP contribution in [0.2, 0.25) is 0 Å². The van der Waals surface area contributed by atoms with Gasteiger partial charge in [0.15, 0.2) is 0 Å². The standard InChI is InChI=1S/C6H6N2S.3C2H6.2H2/c1-2-4-6-5(3-1)7-9-8-6;3*1-2;;/h1-4,7-8H;3*1-2H3;2*1H. The molecule has 0 spiro atoms. The second kappa shape index (κ2) is 13.2. The molecule has 0 unspecified atom stereocenters. The van der Waals surface area contributed by atoms with Crippen molar-refractivity contribution in [2.24, 2.45) is 0 Å². The first kappa shape index (κ1) is 16.6. The van der Waals surface area contributed by atoms with Crippen molar-refractivity contribution in [1.82, 2.24) is 0 Å². The molecular formula is C12H28N2S. The average Bonchev–Trinajstić information content (AvgIpc) is 2.85.